The third kappa shape index (κ3) is 4.53. The second-order valence-corrected chi connectivity index (χ2v) is 5.45. The van der Waals surface area contributed by atoms with Gasteiger partial charge in [0.1, 0.15) is 0 Å². The van der Waals surface area contributed by atoms with Gasteiger partial charge in [-0.3, -0.25) is 0 Å². The van der Waals surface area contributed by atoms with Crippen LogP contribution in [0.5, 0.6) is 11.5 Å². The molecule has 1 saturated heterocycles. The number of hydrogen-bond donors (Lipinski definition) is 1. The maximum absolute atomic E-state index is 5.80. The van der Waals surface area contributed by atoms with E-state index in [1.165, 1.54) is 6.42 Å². The lowest BCUT2D eigenvalue weighted by Gasteiger charge is -2.30. The summed E-state index contributed by atoms with van der Waals surface area (Å²) in [6.45, 7) is 5.66. The predicted octanol–water partition coefficient (Wildman–Crippen LogP) is 3.85. The molecule has 2 unspecified atom stereocenters. The summed E-state index contributed by atoms with van der Waals surface area (Å²) in [5, 5.41) is 3.60. The topological polar surface area (TPSA) is 39.7 Å². The van der Waals surface area contributed by atoms with Gasteiger partial charge in [-0.15, -0.1) is 0 Å². The average molecular weight is 293 g/mol. The van der Waals surface area contributed by atoms with Crippen molar-refractivity contribution in [3.63, 3.8) is 0 Å². The van der Waals surface area contributed by atoms with E-state index in [-0.39, 0.29) is 0 Å². The van der Waals surface area contributed by atoms with Crippen LogP contribution in [0.3, 0.4) is 0 Å². The van der Waals surface area contributed by atoms with E-state index in [0.717, 1.165) is 43.1 Å². The van der Waals surface area contributed by atoms with Crippen LogP contribution < -0.4 is 14.8 Å². The second-order valence-electron chi connectivity index (χ2n) is 5.45. The summed E-state index contributed by atoms with van der Waals surface area (Å²) in [7, 11) is 1.67. The molecule has 1 heterocycles. The van der Waals surface area contributed by atoms with Gasteiger partial charge >= 0.3 is 0 Å². The molecule has 4 heteroatoms. The summed E-state index contributed by atoms with van der Waals surface area (Å²) >= 11 is 0. The van der Waals surface area contributed by atoms with Crippen LogP contribution in [0, 0.1) is 0 Å². The molecule has 1 aromatic carbocycles. The third-order valence-electron chi connectivity index (χ3n) is 3.81. The summed E-state index contributed by atoms with van der Waals surface area (Å²) in [6, 6.07) is 6.50. The Labute approximate surface area is 127 Å². The quantitative estimate of drug-likeness (QED) is 0.829. The fourth-order valence-electron chi connectivity index (χ4n) is 2.80. The number of benzene rings is 1. The molecule has 0 amide bonds. The van der Waals surface area contributed by atoms with Crippen molar-refractivity contribution < 1.29 is 14.2 Å². The van der Waals surface area contributed by atoms with Gasteiger partial charge < -0.3 is 19.5 Å². The lowest BCUT2D eigenvalue weighted by Crippen LogP contribution is -2.33. The van der Waals surface area contributed by atoms with Crippen molar-refractivity contribution in [1.82, 2.24) is 0 Å². The molecule has 1 aromatic rings. The lowest BCUT2D eigenvalue weighted by molar-refractivity contribution is 0.00598. The van der Waals surface area contributed by atoms with E-state index < -0.39 is 0 Å². The lowest BCUT2D eigenvalue weighted by atomic mass is 10.00. The maximum Gasteiger partial charge on any atom is 0.162 e. The van der Waals surface area contributed by atoms with Crippen LogP contribution in [0.2, 0.25) is 0 Å². The van der Waals surface area contributed by atoms with E-state index in [1.54, 1.807) is 7.11 Å². The third-order valence-corrected chi connectivity index (χ3v) is 3.81. The van der Waals surface area contributed by atoms with Gasteiger partial charge in [-0.05, 0) is 38.3 Å². The first-order valence-corrected chi connectivity index (χ1v) is 7.95. The molecule has 0 aromatic heterocycles. The minimum atomic E-state index is 0.394. The van der Waals surface area contributed by atoms with Crippen molar-refractivity contribution in [2.24, 2.45) is 0 Å². The molecule has 2 rings (SSSR count). The molecule has 0 aliphatic carbocycles. The summed E-state index contributed by atoms with van der Waals surface area (Å²) < 4.78 is 16.7. The van der Waals surface area contributed by atoms with Crippen molar-refractivity contribution in [3.8, 4) is 11.5 Å². The first-order valence-electron chi connectivity index (χ1n) is 7.95. The van der Waals surface area contributed by atoms with Crippen LogP contribution in [-0.4, -0.2) is 32.5 Å². The van der Waals surface area contributed by atoms with Crippen LogP contribution in [-0.2, 0) is 4.74 Å². The Morgan fingerprint density at radius 2 is 2.14 bits per heavy atom. The van der Waals surface area contributed by atoms with Crippen LogP contribution in [0.4, 0.5) is 5.69 Å². The van der Waals surface area contributed by atoms with Crippen molar-refractivity contribution in [1.29, 1.82) is 0 Å². The molecule has 118 valence electrons. The van der Waals surface area contributed by atoms with Gasteiger partial charge in [0.25, 0.3) is 0 Å². The summed E-state index contributed by atoms with van der Waals surface area (Å²) in [5.41, 5.74) is 1.08. The second kappa shape index (κ2) is 8.13. The van der Waals surface area contributed by atoms with E-state index in [9.17, 15) is 0 Å². The van der Waals surface area contributed by atoms with Crippen LogP contribution in [0.15, 0.2) is 18.2 Å². The molecule has 1 aliphatic rings. The van der Waals surface area contributed by atoms with Crippen LogP contribution >= 0.6 is 0 Å². The Hall–Kier alpha value is -1.42. The average Bonchev–Trinajstić information content (AvgIpc) is 2.50. The first-order chi connectivity index (χ1) is 10.3. The molecule has 0 spiro atoms. The van der Waals surface area contributed by atoms with Gasteiger partial charge in [0.05, 0.1) is 19.8 Å². The molecular weight excluding hydrogens is 266 g/mol. The van der Waals surface area contributed by atoms with E-state index in [1.807, 2.05) is 19.1 Å². The van der Waals surface area contributed by atoms with E-state index in [2.05, 4.69) is 18.3 Å². The summed E-state index contributed by atoms with van der Waals surface area (Å²) in [4.78, 5) is 0. The van der Waals surface area contributed by atoms with Crippen LogP contribution in [0.1, 0.15) is 39.5 Å². The number of rotatable bonds is 7. The molecule has 21 heavy (non-hydrogen) atoms. The van der Waals surface area contributed by atoms with E-state index in [0.29, 0.717) is 18.8 Å². The standard InChI is InChI=1S/C17H27NO3/c1-4-6-15-11-14(9-10-21-15)18-13-7-8-16(20-5-2)17(12-13)19-3/h7-8,12,14-15,18H,4-6,9-11H2,1-3H3. The monoisotopic (exact) mass is 293 g/mol. The molecule has 1 fully saturated rings. The highest BCUT2D eigenvalue weighted by Gasteiger charge is 2.22. The summed E-state index contributed by atoms with van der Waals surface area (Å²) in [5.74, 6) is 1.57. The molecule has 0 radical (unpaired) electrons. The Balaban J connectivity index is 1.98. The highest BCUT2D eigenvalue weighted by molar-refractivity contribution is 5.55. The SMILES string of the molecule is CCCC1CC(Nc2ccc(OCC)c(OC)c2)CCO1. The fraction of sp³-hybridized carbons (Fsp3) is 0.647. The largest absolute Gasteiger partial charge is 0.493 e. The zero-order valence-electron chi connectivity index (χ0n) is 13.4. The number of methoxy groups -OCH3 is 1. The van der Waals surface area contributed by atoms with Crippen molar-refractivity contribution in [2.75, 3.05) is 25.6 Å². The Morgan fingerprint density at radius 3 is 2.86 bits per heavy atom. The Morgan fingerprint density at radius 1 is 1.29 bits per heavy atom. The van der Waals surface area contributed by atoms with Crippen LogP contribution in [0.25, 0.3) is 0 Å². The zero-order valence-corrected chi connectivity index (χ0v) is 13.4. The van der Waals surface area contributed by atoms with Gasteiger partial charge in [0, 0.05) is 24.4 Å². The molecule has 0 saturated carbocycles. The van der Waals surface area contributed by atoms with E-state index >= 15 is 0 Å². The predicted molar refractivity (Wildman–Crippen MR) is 85.5 cm³/mol. The molecule has 1 aliphatic heterocycles. The smallest absolute Gasteiger partial charge is 0.162 e. The molecular formula is C17H27NO3. The Kier molecular flexibility index (Phi) is 6.18. The van der Waals surface area contributed by atoms with Crippen molar-refractivity contribution in [2.45, 2.75) is 51.7 Å². The highest BCUT2D eigenvalue weighted by atomic mass is 16.5. The van der Waals surface area contributed by atoms with Gasteiger partial charge in [0.15, 0.2) is 11.5 Å². The molecule has 4 nitrogen and oxygen atoms in total. The Bertz CT molecular complexity index is 434. The fourth-order valence-corrected chi connectivity index (χ4v) is 2.80. The summed E-state index contributed by atoms with van der Waals surface area (Å²) in [6.07, 6.45) is 4.84. The molecule has 1 N–H and O–H groups in total. The highest BCUT2D eigenvalue weighted by Crippen LogP contribution is 2.31. The van der Waals surface area contributed by atoms with Gasteiger partial charge in [-0.25, -0.2) is 0 Å². The number of hydrogen-bond acceptors (Lipinski definition) is 4. The van der Waals surface area contributed by atoms with Crippen molar-refractivity contribution in [3.05, 3.63) is 18.2 Å². The minimum absolute atomic E-state index is 0.394. The van der Waals surface area contributed by atoms with Gasteiger partial charge in [-0.2, -0.15) is 0 Å². The normalized spacial score (nSPS) is 21.9. The van der Waals surface area contributed by atoms with Gasteiger partial charge in [0.2, 0.25) is 0 Å². The maximum atomic E-state index is 5.80. The van der Waals surface area contributed by atoms with E-state index in [4.69, 9.17) is 14.2 Å². The number of ether oxygens (including phenoxy) is 3. The number of nitrogens with one attached hydrogen (secondary N) is 1. The minimum Gasteiger partial charge on any atom is -0.493 e. The number of anilines is 1. The van der Waals surface area contributed by atoms with Crippen molar-refractivity contribution >= 4 is 5.69 Å². The molecule has 0 bridgehead atoms. The first kappa shape index (κ1) is 16.0. The zero-order chi connectivity index (χ0) is 15.1. The molecule has 2 atom stereocenters. The van der Waals surface area contributed by atoms with Gasteiger partial charge in [-0.1, -0.05) is 13.3 Å².